The van der Waals surface area contributed by atoms with Gasteiger partial charge in [-0.05, 0) is 54.6 Å². The standard InChI is InChI=1S/C22H26F3N3O/c23-22(24,25)20-6-2-1-4-16(20)13-28-18-10-17-14-29-9-8-27-21(17)19(11-18)15-5-3-7-26-12-15/h1-2,4,6,10-11,15,26-28H,3,5,7-9,12-14H2. The number of rotatable bonds is 4. The summed E-state index contributed by atoms with van der Waals surface area (Å²) in [7, 11) is 0. The van der Waals surface area contributed by atoms with Gasteiger partial charge < -0.3 is 20.7 Å². The molecule has 1 atom stereocenters. The molecule has 4 rings (SSSR count). The summed E-state index contributed by atoms with van der Waals surface area (Å²) in [5, 5.41) is 10.2. The Morgan fingerprint density at radius 1 is 1.14 bits per heavy atom. The van der Waals surface area contributed by atoms with Crippen molar-refractivity contribution in [2.24, 2.45) is 0 Å². The van der Waals surface area contributed by atoms with E-state index < -0.39 is 11.7 Å². The molecule has 2 aliphatic rings. The molecule has 3 N–H and O–H groups in total. The van der Waals surface area contributed by atoms with Crippen molar-refractivity contribution in [1.82, 2.24) is 5.32 Å². The Balaban J connectivity index is 1.62. The number of nitrogens with one attached hydrogen (secondary N) is 3. The predicted octanol–water partition coefficient (Wildman–Crippen LogP) is 4.73. The molecule has 0 bridgehead atoms. The van der Waals surface area contributed by atoms with Gasteiger partial charge in [-0.25, -0.2) is 0 Å². The minimum Gasteiger partial charge on any atom is -0.382 e. The topological polar surface area (TPSA) is 45.3 Å². The Morgan fingerprint density at radius 3 is 2.79 bits per heavy atom. The lowest BCUT2D eigenvalue weighted by molar-refractivity contribution is -0.138. The van der Waals surface area contributed by atoms with Crippen LogP contribution in [0.4, 0.5) is 24.5 Å². The van der Waals surface area contributed by atoms with Gasteiger partial charge in [0, 0.05) is 36.6 Å². The van der Waals surface area contributed by atoms with E-state index >= 15 is 0 Å². The van der Waals surface area contributed by atoms with Gasteiger partial charge in [0.2, 0.25) is 0 Å². The molecule has 1 unspecified atom stereocenters. The summed E-state index contributed by atoms with van der Waals surface area (Å²) < 4.78 is 45.6. The van der Waals surface area contributed by atoms with Gasteiger partial charge in [-0.3, -0.25) is 0 Å². The lowest BCUT2D eigenvalue weighted by atomic mass is 9.88. The maximum atomic E-state index is 13.3. The fourth-order valence-electron chi connectivity index (χ4n) is 4.18. The van der Waals surface area contributed by atoms with Crippen LogP contribution in [0, 0.1) is 0 Å². The van der Waals surface area contributed by atoms with Crippen LogP contribution in [0.5, 0.6) is 0 Å². The molecular weight excluding hydrogens is 379 g/mol. The van der Waals surface area contributed by atoms with Gasteiger partial charge in [0.25, 0.3) is 0 Å². The van der Waals surface area contributed by atoms with Crippen molar-refractivity contribution in [3.63, 3.8) is 0 Å². The quantitative estimate of drug-likeness (QED) is 0.688. The second-order valence-corrected chi connectivity index (χ2v) is 7.63. The molecule has 0 amide bonds. The molecule has 29 heavy (non-hydrogen) atoms. The van der Waals surface area contributed by atoms with Crippen molar-refractivity contribution >= 4 is 11.4 Å². The largest absolute Gasteiger partial charge is 0.416 e. The molecule has 0 radical (unpaired) electrons. The monoisotopic (exact) mass is 405 g/mol. The highest BCUT2D eigenvalue weighted by molar-refractivity contribution is 5.66. The number of alkyl halides is 3. The van der Waals surface area contributed by atoms with Crippen molar-refractivity contribution in [3.05, 3.63) is 58.7 Å². The van der Waals surface area contributed by atoms with E-state index in [4.69, 9.17) is 4.74 Å². The normalized spacial score (nSPS) is 19.8. The minimum absolute atomic E-state index is 0.116. The summed E-state index contributed by atoms with van der Waals surface area (Å²) in [5.41, 5.74) is 3.86. The van der Waals surface area contributed by atoms with Crippen LogP contribution in [0.2, 0.25) is 0 Å². The first kappa shape index (κ1) is 20.0. The fraction of sp³-hybridized carbons (Fsp3) is 0.455. The second-order valence-electron chi connectivity index (χ2n) is 7.63. The molecule has 0 aliphatic carbocycles. The van der Waals surface area contributed by atoms with E-state index in [-0.39, 0.29) is 12.1 Å². The summed E-state index contributed by atoms with van der Waals surface area (Å²) in [5.74, 6) is 0.382. The van der Waals surface area contributed by atoms with E-state index in [2.05, 4.69) is 22.0 Å². The number of fused-ring (bicyclic) bond motifs is 1. The van der Waals surface area contributed by atoms with Crippen LogP contribution in [0.15, 0.2) is 36.4 Å². The molecule has 4 nitrogen and oxygen atoms in total. The Hall–Kier alpha value is -2.25. The molecule has 1 fully saturated rings. The number of hydrogen-bond donors (Lipinski definition) is 3. The van der Waals surface area contributed by atoms with Crippen LogP contribution in [0.25, 0.3) is 0 Å². The van der Waals surface area contributed by atoms with Gasteiger partial charge in [0.15, 0.2) is 0 Å². The van der Waals surface area contributed by atoms with Crippen LogP contribution in [-0.2, 0) is 24.1 Å². The van der Waals surface area contributed by atoms with Crippen LogP contribution in [0.1, 0.15) is 41.0 Å². The number of halogens is 3. The van der Waals surface area contributed by atoms with Crippen molar-refractivity contribution in [3.8, 4) is 0 Å². The van der Waals surface area contributed by atoms with Crippen molar-refractivity contribution < 1.29 is 17.9 Å². The fourth-order valence-corrected chi connectivity index (χ4v) is 4.18. The van der Waals surface area contributed by atoms with Crippen molar-refractivity contribution in [2.75, 3.05) is 36.9 Å². The van der Waals surface area contributed by atoms with Gasteiger partial charge in [0.1, 0.15) is 0 Å². The Kier molecular flexibility index (Phi) is 5.96. The number of ether oxygens (including phenoxy) is 1. The van der Waals surface area contributed by atoms with Crippen molar-refractivity contribution in [1.29, 1.82) is 0 Å². The summed E-state index contributed by atoms with van der Waals surface area (Å²) >= 11 is 0. The van der Waals surface area contributed by atoms with Gasteiger partial charge in [-0.1, -0.05) is 18.2 Å². The number of anilines is 2. The first-order chi connectivity index (χ1) is 14.0. The van der Waals surface area contributed by atoms with Crippen LogP contribution in [0.3, 0.4) is 0 Å². The average Bonchev–Trinajstić information content (AvgIpc) is 2.97. The molecule has 156 valence electrons. The molecule has 2 aromatic carbocycles. The molecular formula is C22H26F3N3O. The molecule has 0 aromatic heterocycles. The van der Waals surface area contributed by atoms with Crippen LogP contribution >= 0.6 is 0 Å². The number of piperidine rings is 1. The molecule has 1 saturated heterocycles. The predicted molar refractivity (Wildman–Crippen MR) is 108 cm³/mol. The molecule has 2 aromatic rings. The van der Waals surface area contributed by atoms with Gasteiger partial charge in [-0.15, -0.1) is 0 Å². The van der Waals surface area contributed by atoms with E-state index in [0.717, 1.165) is 55.5 Å². The summed E-state index contributed by atoms with van der Waals surface area (Å²) in [6.45, 7) is 3.95. The van der Waals surface area contributed by atoms with Crippen molar-refractivity contribution in [2.45, 2.75) is 38.1 Å². The zero-order valence-corrected chi connectivity index (χ0v) is 16.2. The zero-order valence-electron chi connectivity index (χ0n) is 16.2. The Bertz CT molecular complexity index is 848. The highest BCUT2D eigenvalue weighted by Crippen LogP contribution is 2.37. The molecule has 2 heterocycles. The first-order valence-corrected chi connectivity index (χ1v) is 10.1. The maximum Gasteiger partial charge on any atom is 0.416 e. The summed E-state index contributed by atoms with van der Waals surface area (Å²) in [4.78, 5) is 0. The molecule has 2 aliphatic heterocycles. The lowest BCUT2D eigenvalue weighted by Crippen LogP contribution is -2.29. The summed E-state index contributed by atoms with van der Waals surface area (Å²) in [6.07, 6.45) is -2.14. The summed E-state index contributed by atoms with van der Waals surface area (Å²) in [6, 6.07) is 9.79. The molecule has 7 heteroatoms. The van der Waals surface area contributed by atoms with Crippen LogP contribution in [-0.4, -0.2) is 26.2 Å². The SMILES string of the molecule is FC(F)(F)c1ccccc1CNc1cc2c(c(C3CCCNC3)c1)NCCOC2. The van der Waals surface area contributed by atoms with Crippen LogP contribution < -0.4 is 16.0 Å². The minimum atomic E-state index is -4.36. The number of benzene rings is 2. The average molecular weight is 405 g/mol. The molecule has 0 spiro atoms. The smallest absolute Gasteiger partial charge is 0.382 e. The highest BCUT2D eigenvalue weighted by Gasteiger charge is 2.32. The molecule has 0 saturated carbocycles. The Labute approximate surface area is 168 Å². The van der Waals surface area contributed by atoms with Gasteiger partial charge in [0.05, 0.1) is 18.8 Å². The van der Waals surface area contributed by atoms with E-state index in [1.54, 1.807) is 6.07 Å². The van der Waals surface area contributed by atoms with E-state index in [0.29, 0.717) is 19.1 Å². The zero-order chi connectivity index (χ0) is 20.3. The highest BCUT2D eigenvalue weighted by atomic mass is 19.4. The van der Waals surface area contributed by atoms with Gasteiger partial charge >= 0.3 is 6.18 Å². The van der Waals surface area contributed by atoms with E-state index in [9.17, 15) is 13.2 Å². The van der Waals surface area contributed by atoms with E-state index in [1.165, 1.54) is 17.7 Å². The third-order valence-corrected chi connectivity index (χ3v) is 5.60. The van der Waals surface area contributed by atoms with E-state index in [1.807, 2.05) is 6.07 Å². The second kappa shape index (κ2) is 8.63. The first-order valence-electron chi connectivity index (χ1n) is 10.1. The lowest BCUT2D eigenvalue weighted by Gasteiger charge is -2.27. The number of hydrogen-bond acceptors (Lipinski definition) is 4. The maximum absolute atomic E-state index is 13.3. The Morgan fingerprint density at radius 2 is 2.00 bits per heavy atom. The third kappa shape index (κ3) is 4.67. The third-order valence-electron chi connectivity index (χ3n) is 5.60. The van der Waals surface area contributed by atoms with Gasteiger partial charge in [-0.2, -0.15) is 13.2 Å².